The minimum Gasteiger partial charge on any atom is -0.399 e. The molecule has 19 heavy (non-hydrogen) atoms. The molecule has 1 fully saturated rings. The van der Waals surface area contributed by atoms with Gasteiger partial charge in [0.15, 0.2) is 0 Å². The molecule has 1 saturated carbocycles. The molecule has 0 unspecified atom stereocenters. The van der Waals surface area contributed by atoms with Crippen molar-refractivity contribution in [1.29, 1.82) is 0 Å². The summed E-state index contributed by atoms with van der Waals surface area (Å²) in [6.07, 6.45) is 3.93. The van der Waals surface area contributed by atoms with Gasteiger partial charge in [-0.15, -0.1) is 10.2 Å². The summed E-state index contributed by atoms with van der Waals surface area (Å²) in [7, 11) is 2.01. The summed E-state index contributed by atoms with van der Waals surface area (Å²) in [5, 5.41) is 8.40. The number of nitrogens with zero attached hydrogens (tertiary/aromatic N) is 3. The number of aromatic nitrogens is 3. The monoisotopic (exact) mass is 256 g/mol. The fourth-order valence-electron chi connectivity index (χ4n) is 3.63. The van der Waals surface area contributed by atoms with Crippen molar-refractivity contribution in [1.82, 2.24) is 14.8 Å². The second-order valence-electron chi connectivity index (χ2n) is 6.49. The first-order valence-electron chi connectivity index (χ1n) is 6.64. The fourth-order valence-corrected chi connectivity index (χ4v) is 3.63. The lowest BCUT2D eigenvalue weighted by molar-refractivity contribution is 0.0790. The summed E-state index contributed by atoms with van der Waals surface area (Å²) in [6.45, 7) is 4.60. The van der Waals surface area contributed by atoms with Gasteiger partial charge < -0.3 is 10.3 Å². The lowest BCUT2D eigenvalue weighted by atomic mass is 9.51. The average molecular weight is 256 g/mol. The van der Waals surface area contributed by atoms with E-state index in [2.05, 4.69) is 36.2 Å². The zero-order valence-electron chi connectivity index (χ0n) is 11.7. The lowest BCUT2D eigenvalue weighted by Crippen LogP contribution is -2.48. The quantitative estimate of drug-likeness (QED) is 0.840. The van der Waals surface area contributed by atoms with Crippen molar-refractivity contribution >= 4 is 5.69 Å². The summed E-state index contributed by atoms with van der Waals surface area (Å²) < 4.78 is 2.03. The summed E-state index contributed by atoms with van der Waals surface area (Å²) in [5.74, 6) is 1.04. The predicted octanol–water partition coefficient (Wildman–Crippen LogP) is 2.50. The van der Waals surface area contributed by atoms with Crippen molar-refractivity contribution in [2.75, 3.05) is 5.73 Å². The van der Waals surface area contributed by atoms with E-state index < -0.39 is 0 Å². The van der Waals surface area contributed by atoms with Crippen LogP contribution in [0.15, 0.2) is 30.6 Å². The molecule has 0 atom stereocenters. The van der Waals surface area contributed by atoms with Crippen LogP contribution >= 0.6 is 0 Å². The van der Waals surface area contributed by atoms with E-state index in [-0.39, 0.29) is 5.41 Å². The molecular weight excluding hydrogens is 236 g/mol. The molecule has 1 heterocycles. The van der Waals surface area contributed by atoms with E-state index in [4.69, 9.17) is 5.73 Å². The van der Waals surface area contributed by atoms with Crippen LogP contribution in [0.25, 0.3) is 0 Å². The lowest BCUT2D eigenvalue weighted by Gasteiger charge is -2.52. The van der Waals surface area contributed by atoms with E-state index in [0.717, 1.165) is 24.4 Å². The van der Waals surface area contributed by atoms with Crippen LogP contribution < -0.4 is 5.73 Å². The Morgan fingerprint density at radius 1 is 1.26 bits per heavy atom. The summed E-state index contributed by atoms with van der Waals surface area (Å²) >= 11 is 0. The second kappa shape index (κ2) is 3.83. The smallest absolute Gasteiger partial charge is 0.143 e. The minimum atomic E-state index is -0.0376. The normalized spacial score (nSPS) is 19.9. The minimum absolute atomic E-state index is 0.0376. The van der Waals surface area contributed by atoms with E-state index >= 15 is 0 Å². The van der Waals surface area contributed by atoms with Crippen molar-refractivity contribution in [3.05, 3.63) is 42.0 Å². The van der Waals surface area contributed by atoms with E-state index in [1.54, 1.807) is 6.33 Å². The first-order valence-corrected chi connectivity index (χ1v) is 6.64. The van der Waals surface area contributed by atoms with Gasteiger partial charge in [0.2, 0.25) is 0 Å². The first kappa shape index (κ1) is 12.2. The van der Waals surface area contributed by atoms with Crippen LogP contribution in [-0.2, 0) is 12.5 Å². The van der Waals surface area contributed by atoms with Crippen molar-refractivity contribution in [2.45, 2.75) is 32.1 Å². The van der Waals surface area contributed by atoms with Gasteiger partial charge in [0.25, 0.3) is 0 Å². The summed E-state index contributed by atoms with van der Waals surface area (Å²) in [4.78, 5) is 0. The number of benzene rings is 1. The standard InChI is InChI=1S/C15H20N4/c1-14(2)8-15(9-14,13-18-17-10-19(13)3)11-5-4-6-12(16)7-11/h4-7,10H,8-9,16H2,1-3H3. The van der Waals surface area contributed by atoms with Crippen LogP contribution in [-0.4, -0.2) is 14.8 Å². The van der Waals surface area contributed by atoms with Crippen LogP contribution in [0.5, 0.6) is 0 Å². The zero-order valence-corrected chi connectivity index (χ0v) is 11.7. The van der Waals surface area contributed by atoms with Crippen molar-refractivity contribution in [2.24, 2.45) is 12.5 Å². The highest BCUT2D eigenvalue weighted by atomic mass is 15.3. The highest BCUT2D eigenvalue weighted by Gasteiger charge is 2.53. The van der Waals surface area contributed by atoms with Gasteiger partial charge in [-0.25, -0.2) is 0 Å². The van der Waals surface area contributed by atoms with Crippen LogP contribution in [0, 0.1) is 5.41 Å². The third-order valence-electron chi connectivity index (χ3n) is 4.14. The van der Waals surface area contributed by atoms with Crippen LogP contribution in [0.4, 0.5) is 5.69 Å². The molecule has 4 nitrogen and oxygen atoms in total. The number of nitrogens with two attached hydrogens (primary N) is 1. The van der Waals surface area contributed by atoms with Crippen molar-refractivity contribution in [3.63, 3.8) is 0 Å². The highest BCUT2D eigenvalue weighted by molar-refractivity contribution is 5.47. The maximum atomic E-state index is 5.95. The molecule has 0 radical (unpaired) electrons. The van der Waals surface area contributed by atoms with E-state index in [1.165, 1.54) is 5.56 Å². The number of hydrogen-bond acceptors (Lipinski definition) is 3. The maximum absolute atomic E-state index is 5.95. The Labute approximate surface area is 113 Å². The fraction of sp³-hybridized carbons (Fsp3) is 0.467. The second-order valence-corrected chi connectivity index (χ2v) is 6.49. The van der Waals surface area contributed by atoms with Crippen LogP contribution in [0.3, 0.4) is 0 Å². The highest BCUT2D eigenvalue weighted by Crippen LogP contribution is 2.58. The molecule has 2 N–H and O–H groups in total. The van der Waals surface area contributed by atoms with Crippen LogP contribution in [0.1, 0.15) is 38.1 Å². The number of hydrogen-bond donors (Lipinski definition) is 1. The van der Waals surface area contributed by atoms with Gasteiger partial charge in [0.1, 0.15) is 12.2 Å². The predicted molar refractivity (Wildman–Crippen MR) is 75.7 cm³/mol. The van der Waals surface area contributed by atoms with Gasteiger partial charge in [-0.3, -0.25) is 0 Å². The Morgan fingerprint density at radius 2 is 2.00 bits per heavy atom. The van der Waals surface area contributed by atoms with E-state index in [1.807, 2.05) is 23.7 Å². The Balaban J connectivity index is 2.12. The molecule has 0 bridgehead atoms. The average Bonchev–Trinajstić information content (AvgIpc) is 2.72. The van der Waals surface area contributed by atoms with Crippen molar-refractivity contribution in [3.8, 4) is 0 Å². The summed E-state index contributed by atoms with van der Waals surface area (Å²) in [5.41, 5.74) is 8.32. The van der Waals surface area contributed by atoms with Gasteiger partial charge >= 0.3 is 0 Å². The molecule has 0 aliphatic heterocycles. The molecule has 4 heteroatoms. The number of nitrogen functional groups attached to an aromatic ring is 1. The number of aryl methyl sites for hydroxylation is 1. The SMILES string of the molecule is Cn1cnnc1C1(c2cccc(N)c2)CC(C)(C)C1. The van der Waals surface area contributed by atoms with E-state index in [0.29, 0.717) is 5.41 Å². The third kappa shape index (κ3) is 1.82. The molecule has 1 aromatic carbocycles. The largest absolute Gasteiger partial charge is 0.399 e. The van der Waals surface area contributed by atoms with Gasteiger partial charge in [0.05, 0.1) is 5.41 Å². The molecule has 1 aliphatic rings. The molecule has 0 amide bonds. The number of anilines is 1. The Bertz CT molecular complexity index is 604. The molecular formula is C15H20N4. The molecule has 0 spiro atoms. The Kier molecular flexibility index (Phi) is 2.46. The van der Waals surface area contributed by atoms with Gasteiger partial charge in [0, 0.05) is 12.7 Å². The maximum Gasteiger partial charge on any atom is 0.143 e. The van der Waals surface area contributed by atoms with Gasteiger partial charge in [-0.05, 0) is 36.0 Å². The van der Waals surface area contributed by atoms with Crippen molar-refractivity contribution < 1.29 is 0 Å². The molecule has 3 rings (SSSR count). The van der Waals surface area contributed by atoms with Crippen LogP contribution in [0.2, 0.25) is 0 Å². The third-order valence-corrected chi connectivity index (χ3v) is 4.14. The molecule has 1 aromatic heterocycles. The summed E-state index contributed by atoms with van der Waals surface area (Å²) in [6, 6.07) is 8.18. The van der Waals surface area contributed by atoms with Gasteiger partial charge in [-0.1, -0.05) is 26.0 Å². The molecule has 100 valence electrons. The topological polar surface area (TPSA) is 56.7 Å². The Hall–Kier alpha value is -1.84. The van der Waals surface area contributed by atoms with E-state index in [9.17, 15) is 0 Å². The Morgan fingerprint density at radius 3 is 2.53 bits per heavy atom. The van der Waals surface area contributed by atoms with Gasteiger partial charge in [-0.2, -0.15) is 0 Å². The molecule has 2 aromatic rings. The molecule has 1 aliphatic carbocycles. The zero-order chi connectivity index (χ0) is 13.7. The first-order chi connectivity index (χ1) is 8.93. The number of rotatable bonds is 2. The molecule has 0 saturated heterocycles.